The highest BCUT2D eigenvalue weighted by Crippen LogP contribution is 2.27. The lowest BCUT2D eigenvalue weighted by Crippen LogP contribution is -2.39. The number of para-hydroxylation sites is 1. The summed E-state index contributed by atoms with van der Waals surface area (Å²) in [5.41, 5.74) is 2.75. The molecule has 1 amide bonds. The molecule has 3 aromatic rings. The van der Waals surface area contributed by atoms with Crippen molar-refractivity contribution in [3.63, 3.8) is 0 Å². The molecule has 0 fully saturated rings. The Morgan fingerprint density at radius 2 is 1.83 bits per heavy atom. The average Bonchev–Trinajstić information content (AvgIpc) is 2.98. The Hall–Kier alpha value is -2.55. The topological polar surface area (TPSA) is 44.9 Å². The van der Waals surface area contributed by atoms with Gasteiger partial charge in [-0.25, -0.2) is 0 Å². The highest BCUT2D eigenvalue weighted by atomic mass is 16.2. The number of hydrogen-bond donors (Lipinski definition) is 2. The van der Waals surface area contributed by atoms with Crippen molar-refractivity contribution in [2.24, 2.45) is 5.41 Å². The predicted octanol–water partition coefficient (Wildman–Crippen LogP) is 3.91. The molecule has 0 saturated carbocycles. The molecule has 1 atom stereocenters. The quantitative estimate of drug-likeness (QED) is 0.711. The van der Waals surface area contributed by atoms with Crippen molar-refractivity contribution in [2.45, 2.75) is 19.8 Å². The molecule has 2 aromatic carbocycles. The molecule has 1 aromatic heterocycles. The summed E-state index contributed by atoms with van der Waals surface area (Å²) >= 11 is 0. The summed E-state index contributed by atoms with van der Waals surface area (Å²) < 4.78 is 0. The molecule has 0 saturated heterocycles. The van der Waals surface area contributed by atoms with E-state index >= 15 is 0 Å². The van der Waals surface area contributed by atoms with Gasteiger partial charge in [0.15, 0.2) is 0 Å². The number of benzene rings is 2. The van der Waals surface area contributed by atoms with Gasteiger partial charge in [-0.2, -0.15) is 0 Å². The Labute approximate surface area is 143 Å². The van der Waals surface area contributed by atoms with Crippen LogP contribution < -0.4 is 5.32 Å². The van der Waals surface area contributed by atoms with Crippen LogP contribution in [0, 0.1) is 12.3 Å². The van der Waals surface area contributed by atoms with Crippen molar-refractivity contribution < 1.29 is 4.79 Å². The lowest BCUT2D eigenvalue weighted by molar-refractivity contribution is -0.127. The minimum absolute atomic E-state index is 0.0105. The maximum atomic E-state index is 12.5. The monoisotopic (exact) mass is 319 g/mol. The van der Waals surface area contributed by atoms with E-state index in [0.29, 0.717) is 13.0 Å². The number of carbonyl (C=O) groups excluding carboxylic acids is 1. The summed E-state index contributed by atoms with van der Waals surface area (Å²) in [5.74, 6) is -0.0105. The average molecular weight is 319 g/mol. The van der Waals surface area contributed by atoms with Crippen LogP contribution in [-0.2, 0) is 17.6 Å². The summed E-state index contributed by atoms with van der Waals surface area (Å²) in [4.78, 5) is 15.8. The van der Waals surface area contributed by atoms with E-state index in [1.807, 2.05) is 49.5 Å². The molecule has 3 rings (SSSR count). The fourth-order valence-corrected chi connectivity index (χ4v) is 2.96. The predicted molar refractivity (Wildman–Crippen MR) is 98.6 cm³/mol. The SMILES string of the molecule is [CH2]C(C)(Cc1c[nH]c2ccccc12)C(=O)NCCc1ccccc1. The third-order valence-corrected chi connectivity index (χ3v) is 4.35. The molecular weight excluding hydrogens is 296 g/mol. The minimum Gasteiger partial charge on any atom is -0.361 e. The van der Waals surface area contributed by atoms with Gasteiger partial charge in [0.1, 0.15) is 0 Å². The van der Waals surface area contributed by atoms with Crippen molar-refractivity contribution in [1.29, 1.82) is 0 Å². The standard InChI is InChI=1S/C21H23N2O/c1-21(2,14-17-15-23-19-11-7-6-10-18(17)19)20(24)22-13-12-16-8-4-3-5-9-16/h3-11,15,23H,1,12-14H2,2H3,(H,22,24). The maximum Gasteiger partial charge on any atom is 0.226 e. The van der Waals surface area contributed by atoms with Crippen LogP contribution in [0.4, 0.5) is 0 Å². The maximum absolute atomic E-state index is 12.5. The first-order valence-electron chi connectivity index (χ1n) is 8.29. The summed E-state index contributed by atoms with van der Waals surface area (Å²) in [5, 5.41) is 4.18. The van der Waals surface area contributed by atoms with Crippen molar-refractivity contribution in [1.82, 2.24) is 10.3 Å². The fourth-order valence-electron chi connectivity index (χ4n) is 2.96. The third-order valence-electron chi connectivity index (χ3n) is 4.35. The zero-order valence-corrected chi connectivity index (χ0v) is 14.0. The number of amides is 1. The van der Waals surface area contributed by atoms with E-state index in [1.165, 1.54) is 5.56 Å². The number of fused-ring (bicyclic) bond motifs is 1. The van der Waals surface area contributed by atoms with Gasteiger partial charge in [0.25, 0.3) is 0 Å². The third kappa shape index (κ3) is 3.67. The Kier molecular flexibility index (Phi) is 4.70. The number of nitrogens with one attached hydrogen (secondary N) is 2. The van der Waals surface area contributed by atoms with Crippen LogP contribution in [0.25, 0.3) is 10.9 Å². The second kappa shape index (κ2) is 6.91. The van der Waals surface area contributed by atoms with Crippen LogP contribution >= 0.6 is 0 Å². The number of aromatic amines is 1. The normalized spacial score (nSPS) is 11.6. The van der Waals surface area contributed by atoms with Gasteiger partial charge < -0.3 is 10.3 Å². The Bertz CT molecular complexity index is 818. The largest absolute Gasteiger partial charge is 0.361 e. The minimum atomic E-state index is -0.693. The van der Waals surface area contributed by atoms with Crippen LogP contribution in [0.1, 0.15) is 18.1 Å². The zero-order valence-electron chi connectivity index (χ0n) is 14.0. The summed E-state index contributed by atoms with van der Waals surface area (Å²) in [6, 6.07) is 18.3. The van der Waals surface area contributed by atoms with Crippen LogP contribution in [-0.4, -0.2) is 17.4 Å². The Balaban J connectivity index is 1.61. The molecule has 3 heteroatoms. The molecule has 3 nitrogen and oxygen atoms in total. The van der Waals surface area contributed by atoms with Crippen molar-refractivity contribution in [3.8, 4) is 0 Å². The van der Waals surface area contributed by atoms with Crippen LogP contribution in [0.3, 0.4) is 0 Å². The van der Waals surface area contributed by atoms with Gasteiger partial charge >= 0.3 is 0 Å². The number of rotatable bonds is 6. The van der Waals surface area contributed by atoms with E-state index in [2.05, 4.69) is 35.4 Å². The highest BCUT2D eigenvalue weighted by Gasteiger charge is 2.28. The van der Waals surface area contributed by atoms with Gasteiger partial charge in [-0.15, -0.1) is 0 Å². The molecular formula is C21H23N2O. The second-order valence-corrected chi connectivity index (χ2v) is 6.59. The van der Waals surface area contributed by atoms with Crippen molar-refractivity contribution >= 4 is 16.8 Å². The molecule has 2 N–H and O–H groups in total. The number of hydrogen-bond acceptors (Lipinski definition) is 1. The second-order valence-electron chi connectivity index (χ2n) is 6.59. The molecule has 0 aliphatic heterocycles. The first kappa shape index (κ1) is 16.3. The van der Waals surface area contributed by atoms with Crippen LogP contribution in [0.2, 0.25) is 0 Å². The van der Waals surface area contributed by atoms with Gasteiger partial charge in [0, 0.05) is 23.6 Å². The molecule has 123 valence electrons. The van der Waals surface area contributed by atoms with Crippen LogP contribution in [0.5, 0.6) is 0 Å². The number of H-pyrrole nitrogens is 1. The summed E-state index contributed by atoms with van der Waals surface area (Å²) in [6.45, 7) is 6.67. The lowest BCUT2D eigenvalue weighted by atomic mass is 9.84. The molecule has 24 heavy (non-hydrogen) atoms. The van der Waals surface area contributed by atoms with Gasteiger partial charge in [-0.3, -0.25) is 4.79 Å². The molecule has 0 aliphatic carbocycles. The van der Waals surface area contributed by atoms with Gasteiger partial charge in [-0.05, 0) is 37.0 Å². The first-order chi connectivity index (χ1) is 11.6. The van der Waals surface area contributed by atoms with Gasteiger partial charge in [0.05, 0.1) is 5.41 Å². The number of carbonyl (C=O) groups is 1. The Morgan fingerprint density at radius 3 is 2.62 bits per heavy atom. The summed E-state index contributed by atoms with van der Waals surface area (Å²) in [6.07, 6.45) is 3.41. The van der Waals surface area contributed by atoms with E-state index in [1.54, 1.807) is 0 Å². The van der Waals surface area contributed by atoms with Crippen molar-refractivity contribution in [3.05, 3.63) is 78.8 Å². The van der Waals surface area contributed by atoms with Gasteiger partial charge in [0.2, 0.25) is 5.91 Å². The van der Waals surface area contributed by atoms with E-state index in [0.717, 1.165) is 22.9 Å². The van der Waals surface area contributed by atoms with E-state index in [4.69, 9.17) is 0 Å². The molecule has 0 bridgehead atoms. The van der Waals surface area contributed by atoms with Crippen LogP contribution in [0.15, 0.2) is 60.8 Å². The Morgan fingerprint density at radius 1 is 1.12 bits per heavy atom. The zero-order chi connectivity index (χ0) is 17.0. The summed E-state index contributed by atoms with van der Waals surface area (Å²) in [7, 11) is 0. The van der Waals surface area contributed by atoms with Gasteiger partial charge in [-0.1, -0.05) is 55.5 Å². The lowest BCUT2D eigenvalue weighted by Gasteiger charge is -2.23. The number of aromatic nitrogens is 1. The molecule has 0 spiro atoms. The molecule has 0 aliphatic rings. The first-order valence-corrected chi connectivity index (χ1v) is 8.29. The molecule has 1 unspecified atom stereocenters. The molecule has 1 radical (unpaired) electrons. The smallest absolute Gasteiger partial charge is 0.226 e. The van der Waals surface area contributed by atoms with E-state index in [9.17, 15) is 4.79 Å². The van der Waals surface area contributed by atoms with Crippen molar-refractivity contribution in [2.75, 3.05) is 6.54 Å². The highest BCUT2D eigenvalue weighted by molar-refractivity contribution is 5.86. The van der Waals surface area contributed by atoms with E-state index < -0.39 is 5.41 Å². The fraction of sp³-hybridized carbons (Fsp3) is 0.238. The van der Waals surface area contributed by atoms with E-state index in [-0.39, 0.29) is 5.91 Å². The molecule has 1 heterocycles.